The molecule has 0 aliphatic rings. The van der Waals surface area contributed by atoms with Gasteiger partial charge in [-0.3, -0.25) is 4.79 Å². The lowest BCUT2D eigenvalue weighted by Crippen LogP contribution is -2.26. The first-order chi connectivity index (χ1) is 14.6. The molecule has 7 heteroatoms. The first kappa shape index (κ1) is 20.9. The zero-order valence-corrected chi connectivity index (χ0v) is 16.7. The summed E-state index contributed by atoms with van der Waals surface area (Å²) in [5.74, 6) is -0.450. The minimum absolute atomic E-state index is 0.148. The average Bonchev–Trinajstić information content (AvgIpc) is 2.78. The molecule has 1 amide bonds. The highest BCUT2D eigenvalue weighted by Crippen LogP contribution is 2.25. The van der Waals surface area contributed by atoms with Crippen molar-refractivity contribution in [2.45, 2.75) is 13.0 Å². The fraction of sp³-hybridized carbons (Fsp3) is 0.174. The van der Waals surface area contributed by atoms with Gasteiger partial charge in [0.05, 0.1) is 13.7 Å². The molecule has 3 rings (SSSR count). The molecule has 1 atom stereocenters. The number of carbonyl (C=O) groups is 2. The minimum Gasteiger partial charge on any atom is -0.497 e. The highest BCUT2D eigenvalue weighted by Gasteiger charge is 2.27. The number of hydrogen-bond acceptors (Lipinski definition) is 6. The van der Waals surface area contributed by atoms with E-state index in [0.717, 1.165) is 0 Å². The molecule has 0 spiro atoms. The number of carbonyl (C=O) groups excluding carboxylic acids is 2. The number of ether oxygens (including phenoxy) is 3. The van der Waals surface area contributed by atoms with Gasteiger partial charge in [0.25, 0.3) is 5.91 Å². The maximum atomic E-state index is 13.0. The van der Waals surface area contributed by atoms with Gasteiger partial charge >= 0.3 is 5.97 Å². The molecule has 1 heterocycles. The Kier molecular flexibility index (Phi) is 7.00. The number of aromatic nitrogens is 1. The van der Waals surface area contributed by atoms with Crippen molar-refractivity contribution in [3.63, 3.8) is 0 Å². The van der Waals surface area contributed by atoms with E-state index in [1.54, 1.807) is 74.7 Å². The normalized spacial score (nSPS) is 11.3. The summed E-state index contributed by atoms with van der Waals surface area (Å²) in [7, 11) is 1.54. The predicted molar refractivity (Wildman–Crippen MR) is 112 cm³/mol. The Bertz CT molecular complexity index is 1010. The number of rotatable bonds is 8. The zero-order chi connectivity index (χ0) is 21.3. The average molecular weight is 406 g/mol. The quantitative estimate of drug-likeness (QED) is 0.569. The first-order valence-corrected chi connectivity index (χ1v) is 9.41. The Labute approximate surface area is 174 Å². The number of esters is 1. The number of hydrogen-bond donors (Lipinski definition) is 1. The molecule has 30 heavy (non-hydrogen) atoms. The van der Waals surface area contributed by atoms with E-state index in [-0.39, 0.29) is 11.4 Å². The SMILES string of the molecule is CCOc1ncccc1C(=O)OC(C(=O)Nc1cccc(OC)c1)c1ccccc1. The molecule has 0 aliphatic heterocycles. The fourth-order valence-corrected chi connectivity index (χ4v) is 2.78. The number of methoxy groups -OCH3 is 1. The fourth-order valence-electron chi connectivity index (χ4n) is 2.78. The van der Waals surface area contributed by atoms with Crippen molar-refractivity contribution in [3.8, 4) is 11.6 Å². The summed E-state index contributed by atoms with van der Waals surface area (Å²) in [5.41, 5.74) is 1.20. The summed E-state index contributed by atoms with van der Waals surface area (Å²) in [5, 5.41) is 2.77. The predicted octanol–water partition coefficient (Wildman–Crippen LogP) is 4.03. The number of benzene rings is 2. The molecule has 1 N–H and O–H groups in total. The lowest BCUT2D eigenvalue weighted by molar-refractivity contribution is -0.125. The Morgan fingerprint density at radius 2 is 1.83 bits per heavy atom. The van der Waals surface area contributed by atoms with Crippen molar-refractivity contribution < 1.29 is 23.8 Å². The molecule has 1 unspecified atom stereocenters. The summed E-state index contributed by atoms with van der Waals surface area (Å²) in [6.07, 6.45) is 0.353. The van der Waals surface area contributed by atoms with Gasteiger partial charge in [-0.1, -0.05) is 36.4 Å². The van der Waals surface area contributed by atoms with Crippen LogP contribution in [0, 0.1) is 0 Å². The molecule has 3 aromatic rings. The van der Waals surface area contributed by atoms with Gasteiger partial charge in [0.15, 0.2) is 0 Å². The highest BCUT2D eigenvalue weighted by molar-refractivity contribution is 5.98. The van der Waals surface area contributed by atoms with Gasteiger partial charge in [0.2, 0.25) is 12.0 Å². The highest BCUT2D eigenvalue weighted by atomic mass is 16.6. The number of amides is 1. The van der Waals surface area contributed by atoms with E-state index < -0.39 is 18.0 Å². The van der Waals surface area contributed by atoms with E-state index in [1.807, 2.05) is 6.07 Å². The summed E-state index contributed by atoms with van der Waals surface area (Å²) in [6, 6.07) is 18.9. The van der Waals surface area contributed by atoms with E-state index in [0.29, 0.717) is 23.6 Å². The zero-order valence-electron chi connectivity index (χ0n) is 16.7. The van der Waals surface area contributed by atoms with E-state index in [4.69, 9.17) is 14.2 Å². The molecule has 0 saturated heterocycles. The summed E-state index contributed by atoms with van der Waals surface area (Å²) < 4.78 is 16.2. The number of nitrogens with zero attached hydrogens (tertiary/aromatic N) is 1. The van der Waals surface area contributed by atoms with Crippen molar-refractivity contribution in [2.75, 3.05) is 19.0 Å². The number of nitrogens with one attached hydrogen (secondary N) is 1. The van der Waals surface area contributed by atoms with Crippen molar-refractivity contribution >= 4 is 17.6 Å². The summed E-state index contributed by atoms with van der Waals surface area (Å²) >= 11 is 0. The van der Waals surface area contributed by atoms with E-state index in [2.05, 4.69) is 10.3 Å². The molecule has 2 aromatic carbocycles. The van der Waals surface area contributed by atoms with Crippen LogP contribution in [0.4, 0.5) is 5.69 Å². The van der Waals surface area contributed by atoms with Crippen LogP contribution < -0.4 is 14.8 Å². The van der Waals surface area contributed by atoms with Crippen molar-refractivity contribution in [2.24, 2.45) is 0 Å². The van der Waals surface area contributed by atoms with Crippen LogP contribution in [0.25, 0.3) is 0 Å². The molecule has 0 aliphatic carbocycles. The van der Waals surface area contributed by atoms with Crippen LogP contribution in [0.1, 0.15) is 28.9 Å². The van der Waals surface area contributed by atoms with Crippen molar-refractivity contribution in [1.29, 1.82) is 0 Å². The molecule has 1 aromatic heterocycles. The second kappa shape index (κ2) is 10.1. The van der Waals surface area contributed by atoms with Gasteiger partial charge < -0.3 is 19.5 Å². The third-order valence-electron chi connectivity index (χ3n) is 4.17. The minimum atomic E-state index is -1.17. The van der Waals surface area contributed by atoms with Crippen molar-refractivity contribution in [3.05, 3.63) is 84.1 Å². The van der Waals surface area contributed by atoms with Gasteiger partial charge in [0.1, 0.15) is 11.3 Å². The van der Waals surface area contributed by atoms with Gasteiger partial charge in [0, 0.05) is 23.5 Å². The third kappa shape index (κ3) is 5.14. The van der Waals surface area contributed by atoms with Crippen LogP contribution in [-0.4, -0.2) is 30.6 Å². The standard InChI is InChI=1S/C23H22N2O5/c1-3-29-22-19(13-8-14-24-22)23(27)30-20(16-9-5-4-6-10-16)21(26)25-17-11-7-12-18(15-17)28-2/h4-15,20H,3H2,1-2H3,(H,25,26). The van der Waals surface area contributed by atoms with Gasteiger partial charge in [-0.05, 0) is 31.2 Å². The van der Waals surface area contributed by atoms with Gasteiger partial charge in [-0.15, -0.1) is 0 Å². The summed E-state index contributed by atoms with van der Waals surface area (Å²) in [4.78, 5) is 29.9. The van der Waals surface area contributed by atoms with Crippen LogP contribution >= 0.6 is 0 Å². The molecule has 0 fully saturated rings. The lowest BCUT2D eigenvalue weighted by Gasteiger charge is -2.19. The molecule has 7 nitrogen and oxygen atoms in total. The Balaban J connectivity index is 1.86. The Morgan fingerprint density at radius 3 is 2.57 bits per heavy atom. The second-order valence-corrected chi connectivity index (χ2v) is 6.21. The molecular weight excluding hydrogens is 384 g/mol. The first-order valence-electron chi connectivity index (χ1n) is 9.41. The monoisotopic (exact) mass is 406 g/mol. The van der Waals surface area contributed by atoms with E-state index >= 15 is 0 Å². The summed E-state index contributed by atoms with van der Waals surface area (Å²) in [6.45, 7) is 2.13. The van der Waals surface area contributed by atoms with Gasteiger partial charge in [-0.2, -0.15) is 0 Å². The van der Waals surface area contributed by atoms with Crippen LogP contribution in [-0.2, 0) is 9.53 Å². The lowest BCUT2D eigenvalue weighted by atomic mass is 10.1. The molecule has 0 saturated carbocycles. The van der Waals surface area contributed by atoms with Gasteiger partial charge in [-0.25, -0.2) is 9.78 Å². The topological polar surface area (TPSA) is 86.8 Å². The maximum absolute atomic E-state index is 13.0. The largest absolute Gasteiger partial charge is 0.497 e. The van der Waals surface area contributed by atoms with Crippen LogP contribution in [0.2, 0.25) is 0 Å². The number of anilines is 1. The second-order valence-electron chi connectivity index (χ2n) is 6.21. The maximum Gasteiger partial charge on any atom is 0.344 e. The Morgan fingerprint density at radius 1 is 1.03 bits per heavy atom. The number of pyridine rings is 1. The molecule has 0 radical (unpaired) electrons. The third-order valence-corrected chi connectivity index (χ3v) is 4.17. The van der Waals surface area contributed by atoms with Crippen LogP contribution in [0.15, 0.2) is 72.9 Å². The molecule has 154 valence electrons. The smallest absolute Gasteiger partial charge is 0.344 e. The van der Waals surface area contributed by atoms with Crippen molar-refractivity contribution in [1.82, 2.24) is 4.98 Å². The molecular formula is C23H22N2O5. The van der Waals surface area contributed by atoms with Crippen LogP contribution in [0.5, 0.6) is 11.6 Å². The Hall–Kier alpha value is -3.87. The molecule has 0 bridgehead atoms. The van der Waals surface area contributed by atoms with E-state index in [1.165, 1.54) is 6.20 Å². The van der Waals surface area contributed by atoms with E-state index in [9.17, 15) is 9.59 Å². The van der Waals surface area contributed by atoms with Crippen LogP contribution in [0.3, 0.4) is 0 Å².